The zero-order valence-electron chi connectivity index (χ0n) is 12.4. The van der Waals surface area contributed by atoms with E-state index in [1.165, 1.54) is 27.1 Å². The van der Waals surface area contributed by atoms with E-state index in [1.54, 1.807) is 0 Å². The van der Waals surface area contributed by atoms with Gasteiger partial charge in [0.1, 0.15) is 0 Å². The lowest BCUT2D eigenvalue weighted by molar-refractivity contribution is 0.513. The molecule has 0 aliphatic heterocycles. The van der Waals surface area contributed by atoms with Gasteiger partial charge in [0.2, 0.25) is 0 Å². The van der Waals surface area contributed by atoms with Crippen molar-refractivity contribution in [3.8, 4) is 0 Å². The molecule has 3 aromatic rings. The lowest BCUT2D eigenvalue weighted by Crippen LogP contribution is -2.18. The topological polar surface area (TPSA) is 26.0 Å². The van der Waals surface area contributed by atoms with Crippen LogP contribution in [0.4, 0.5) is 5.69 Å². The van der Waals surface area contributed by atoms with Gasteiger partial charge >= 0.3 is 0 Å². The Bertz CT molecular complexity index is 784. The van der Waals surface area contributed by atoms with Crippen LogP contribution in [0, 0.1) is 0 Å². The molecule has 0 saturated carbocycles. The number of nitrogen functional groups attached to an aromatic ring is 1. The lowest BCUT2D eigenvalue weighted by Gasteiger charge is -2.28. The van der Waals surface area contributed by atoms with Crippen LogP contribution in [0.25, 0.3) is 21.5 Å². The minimum absolute atomic E-state index is 0.0771. The summed E-state index contributed by atoms with van der Waals surface area (Å²) in [6.45, 7) is 6.78. The first kappa shape index (κ1) is 13.0. The standard InChI is InChI=1S/C19H21N/c1-4-19(2,3)17-15-11-7-5-9-13(15)14-10-6-8-12-16(14)18(17)20/h5-12H,4,20H2,1-3H3. The van der Waals surface area contributed by atoms with Crippen LogP contribution in [0.5, 0.6) is 0 Å². The molecule has 2 N–H and O–H groups in total. The van der Waals surface area contributed by atoms with Gasteiger partial charge in [-0.2, -0.15) is 0 Å². The average Bonchev–Trinajstić information content (AvgIpc) is 2.47. The fourth-order valence-corrected chi connectivity index (χ4v) is 3.07. The third-order valence-corrected chi connectivity index (χ3v) is 4.53. The van der Waals surface area contributed by atoms with Gasteiger partial charge in [0.15, 0.2) is 0 Å². The van der Waals surface area contributed by atoms with Gasteiger partial charge in [-0.05, 0) is 33.6 Å². The molecule has 0 unspecified atom stereocenters. The molecule has 0 spiro atoms. The van der Waals surface area contributed by atoms with Gasteiger partial charge in [0.05, 0.1) is 0 Å². The lowest BCUT2D eigenvalue weighted by atomic mass is 9.77. The number of hydrogen-bond donors (Lipinski definition) is 1. The van der Waals surface area contributed by atoms with E-state index >= 15 is 0 Å². The van der Waals surface area contributed by atoms with E-state index in [9.17, 15) is 0 Å². The minimum atomic E-state index is 0.0771. The van der Waals surface area contributed by atoms with E-state index in [0.29, 0.717) is 0 Å². The Labute approximate surface area is 120 Å². The second-order valence-corrected chi connectivity index (χ2v) is 6.12. The molecule has 1 nitrogen and oxygen atoms in total. The van der Waals surface area contributed by atoms with Gasteiger partial charge < -0.3 is 5.73 Å². The SMILES string of the molecule is CCC(C)(C)c1c(N)c2ccccc2c2ccccc12. The molecule has 0 aliphatic carbocycles. The molecular weight excluding hydrogens is 242 g/mol. The fourth-order valence-electron chi connectivity index (χ4n) is 3.07. The van der Waals surface area contributed by atoms with Crippen molar-refractivity contribution in [3.63, 3.8) is 0 Å². The van der Waals surface area contributed by atoms with Crippen molar-refractivity contribution < 1.29 is 0 Å². The molecule has 0 heterocycles. The van der Waals surface area contributed by atoms with Crippen LogP contribution >= 0.6 is 0 Å². The Balaban J connectivity index is 2.58. The molecule has 0 amide bonds. The zero-order chi connectivity index (χ0) is 14.3. The van der Waals surface area contributed by atoms with Crippen LogP contribution in [0.15, 0.2) is 48.5 Å². The first-order valence-electron chi connectivity index (χ1n) is 7.25. The first-order valence-corrected chi connectivity index (χ1v) is 7.25. The van der Waals surface area contributed by atoms with Crippen molar-refractivity contribution in [2.45, 2.75) is 32.6 Å². The second-order valence-electron chi connectivity index (χ2n) is 6.12. The smallest absolute Gasteiger partial charge is 0.0438 e. The van der Waals surface area contributed by atoms with Crippen LogP contribution in [0.1, 0.15) is 32.8 Å². The van der Waals surface area contributed by atoms with Crippen molar-refractivity contribution in [1.82, 2.24) is 0 Å². The molecule has 0 aliphatic rings. The van der Waals surface area contributed by atoms with Crippen molar-refractivity contribution in [2.75, 3.05) is 5.73 Å². The highest BCUT2D eigenvalue weighted by molar-refractivity contribution is 6.14. The number of hydrogen-bond acceptors (Lipinski definition) is 1. The quantitative estimate of drug-likeness (QED) is 0.495. The Kier molecular flexibility index (Phi) is 2.93. The normalized spacial score (nSPS) is 12.2. The highest BCUT2D eigenvalue weighted by atomic mass is 14.6. The molecule has 0 fully saturated rings. The maximum atomic E-state index is 6.55. The third kappa shape index (κ3) is 1.77. The predicted octanol–water partition coefficient (Wildman–Crippen LogP) is 5.26. The van der Waals surface area contributed by atoms with E-state index in [0.717, 1.165) is 12.1 Å². The Morgan fingerprint density at radius 1 is 0.800 bits per heavy atom. The summed E-state index contributed by atoms with van der Waals surface area (Å²) in [6.07, 6.45) is 1.07. The highest BCUT2D eigenvalue weighted by Gasteiger charge is 2.25. The average molecular weight is 263 g/mol. The van der Waals surface area contributed by atoms with Crippen molar-refractivity contribution >= 4 is 27.2 Å². The molecule has 0 bridgehead atoms. The number of nitrogens with two attached hydrogens (primary N) is 1. The summed E-state index contributed by atoms with van der Waals surface area (Å²) in [6, 6.07) is 17.1. The van der Waals surface area contributed by atoms with E-state index in [1.807, 2.05) is 0 Å². The maximum absolute atomic E-state index is 6.55. The first-order chi connectivity index (χ1) is 9.56. The van der Waals surface area contributed by atoms with Crippen LogP contribution in [0.3, 0.4) is 0 Å². The molecule has 0 radical (unpaired) electrons. The molecule has 3 rings (SSSR count). The van der Waals surface area contributed by atoms with Crippen molar-refractivity contribution in [3.05, 3.63) is 54.1 Å². The second kappa shape index (κ2) is 4.52. The van der Waals surface area contributed by atoms with Gasteiger partial charge in [-0.15, -0.1) is 0 Å². The Morgan fingerprint density at radius 3 is 1.80 bits per heavy atom. The third-order valence-electron chi connectivity index (χ3n) is 4.53. The van der Waals surface area contributed by atoms with E-state index in [2.05, 4.69) is 69.3 Å². The molecule has 0 aromatic heterocycles. The Hall–Kier alpha value is -2.02. The molecule has 20 heavy (non-hydrogen) atoms. The summed E-state index contributed by atoms with van der Waals surface area (Å²) in [5.41, 5.74) is 8.85. The van der Waals surface area contributed by atoms with E-state index < -0.39 is 0 Å². The highest BCUT2D eigenvalue weighted by Crippen LogP contribution is 2.42. The van der Waals surface area contributed by atoms with Crippen molar-refractivity contribution in [1.29, 1.82) is 0 Å². The summed E-state index contributed by atoms with van der Waals surface area (Å²) in [5.74, 6) is 0. The Morgan fingerprint density at radius 2 is 1.25 bits per heavy atom. The number of anilines is 1. The van der Waals surface area contributed by atoms with Crippen LogP contribution in [-0.4, -0.2) is 0 Å². The largest absolute Gasteiger partial charge is 0.398 e. The molecule has 3 aromatic carbocycles. The van der Waals surface area contributed by atoms with Gasteiger partial charge in [0.25, 0.3) is 0 Å². The molecule has 1 heteroatoms. The van der Waals surface area contributed by atoms with Gasteiger partial charge in [-0.3, -0.25) is 0 Å². The van der Waals surface area contributed by atoms with Crippen molar-refractivity contribution in [2.24, 2.45) is 0 Å². The maximum Gasteiger partial charge on any atom is 0.0438 e. The summed E-state index contributed by atoms with van der Waals surface area (Å²) in [5, 5.41) is 5.00. The van der Waals surface area contributed by atoms with E-state index in [-0.39, 0.29) is 5.41 Å². The summed E-state index contributed by atoms with van der Waals surface area (Å²) >= 11 is 0. The van der Waals surface area contributed by atoms with Gasteiger partial charge in [-0.1, -0.05) is 69.3 Å². The predicted molar refractivity (Wildman–Crippen MR) is 89.2 cm³/mol. The molecular formula is C19H21N. The number of fused-ring (bicyclic) bond motifs is 3. The van der Waals surface area contributed by atoms with Crippen LogP contribution in [0.2, 0.25) is 0 Å². The summed E-state index contributed by atoms with van der Waals surface area (Å²) in [4.78, 5) is 0. The van der Waals surface area contributed by atoms with E-state index in [4.69, 9.17) is 5.73 Å². The minimum Gasteiger partial charge on any atom is -0.398 e. The fraction of sp³-hybridized carbons (Fsp3) is 0.263. The number of benzene rings is 3. The van der Waals surface area contributed by atoms with Crippen LogP contribution in [-0.2, 0) is 5.41 Å². The summed E-state index contributed by atoms with van der Waals surface area (Å²) < 4.78 is 0. The monoisotopic (exact) mass is 263 g/mol. The molecule has 0 saturated heterocycles. The van der Waals surface area contributed by atoms with Crippen LogP contribution < -0.4 is 5.73 Å². The van der Waals surface area contributed by atoms with Gasteiger partial charge in [0, 0.05) is 11.1 Å². The summed E-state index contributed by atoms with van der Waals surface area (Å²) in [7, 11) is 0. The molecule has 0 atom stereocenters. The van der Waals surface area contributed by atoms with Gasteiger partial charge in [-0.25, -0.2) is 0 Å². The zero-order valence-corrected chi connectivity index (χ0v) is 12.4. The number of rotatable bonds is 2. The molecule has 102 valence electrons.